The smallest absolute Gasteiger partial charge is 0.322 e. The fraction of sp³-hybridized carbons (Fsp3) is 0.273. The molecule has 2 heterocycles. The van der Waals surface area contributed by atoms with E-state index in [1.807, 2.05) is 0 Å². The minimum atomic E-state index is -0.911. The molecule has 0 unspecified atom stereocenters. The van der Waals surface area contributed by atoms with Crippen molar-refractivity contribution in [3.8, 4) is 11.4 Å². The molecule has 4 amide bonds. The standard InChI is InChI=1S/C22H19F2N5O3/c23-12-1-3-15(24)14(9-12)18-26-16-4-2-13(10-17(16)27-18)25-19(30)11-5-7-22(8-6-11)20(31)28-21(32)29-22/h1-4,9-11H,5-8H2,(H,25,30)(H,26,27)(H2,28,29,31,32). The van der Waals surface area contributed by atoms with Crippen molar-refractivity contribution in [3.63, 3.8) is 0 Å². The number of hydrogen-bond acceptors (Lipinski definition) is 4. The summed E-state index contributed by atoms with van der Waals surface area (Å²) in [6, 6.07) is 7.68. The van der Waals surface area contributed by atoms with Gasteiger partial charge in [0, 0.05) is 11.6 Å². The molecule has 32 heavy (non-hydrogen) atoms. The van der Waals surface area contributed by atoms with Crippen molar-refractivity contribution < 1.29 is 23.2 Å². The Kier molecular flexibility index (Phi) is 4.65. The predicted octanol–water partition coefficient (Wildman–Crippen LogP) is 3.22. The van der Waals surface area contributed by atoms with Gasteiger partial charge in [-0.2, -0.15) is 0 Å². The number of rotatable bonds is 3. The third kappa shape index (κ3) is 3.47. The van der Waals surface area contributed by atoms with Crippen molar-refractivity contribution in [2.75, 3.05) is 5.32 Å². The van der Waals surface area contributed by atoms with Gasteiger partial charge in [-0.15, -0.1) is 0 Å². The van der Waals surface area contributed by atoms with Gasteiger partial charge in [-0.05, 0) is 62.1 Å². The molecule has 0 bridgehead atoms. The number of imide groups is 1. The average molecular weight is 439 g/mol. The van der Waals surface area contributed by atoms with Gasteiger partial charge < -0.3 is 15.6 Å². The lowest BCUT2D eigenvalue weighted by molar-refractivity contribution is -0.128. The lowest BCUT2D eigenvalue weighted by Gasteiger charge is -2.33. The summed E-state index contributed by atoms with van der Waals surface area (Å²) in [5.41, 5.74) is 0.750. The van der Waals surface area contributed by atoms with Crippen LogP contribution in [-0.2, 0) is 9.59 Å². The number of nitrogens with one attached hydrogen (secondary N) is 4. The second kappa shape index (κ2) is 7.40. The third-order valence-electron chi connectivity index (χ3n) is 6.16. The van der Waals surface area contributed by atoms with Crippen LogP contribution in [0, 0.1) is 17.6 Å². The molecule has 164 valence electrons. The monoisotopic (exact) mass is 439 g/mol. The fourth-order valence-corrected chi connectivity index (χ4v) is 4.39. The number of hydrogen-bond donors (Lipinski definition) is 4. The van der Waals surface area contributed by atoms with E-state index in [2.05, 4.69) is 25.9 Å². The summed E-state index contributed by atoms with van der Waals surface area (Å²) < 4.78 is 27.6. The van der Waals surface area contributed by atoms with Gasteiger partial charge in [-0.1, -0.05) is 0 Å². The lowest BCUT2D eigenvalue weighted by Crippen LogP contribution is -2.50. The summed E-state index contributed by atoms with van der Waals surface area (Å²) >= 11 is 0. The zero-order valence-corrected chi connectivity index (χ0v) is 16.8. The number of carbonyl (C=O) groups is 3. The molecule has 1 aromatic heterocycles. The van der Waals surface area contributed by atoms with Gasteiger partial charge in [-0.25, -0.2) is 18.6 Å². The number of benzene rings is 2. The molecule has 5 rings (SSSR count). The average Bonchev–Trinajstić information content (AvgIpc) is 3.30. The summed E-state index contributed by atoms with van der Waals surface area (Å²) in [6.07, 6.45) is 1.72. The number of aromatic nitrogens is 2. The van der Waals surface area contributed by atoms with Crippen molar-refractivity contribution in [1.29, 1.82) is 0 Å². The maximum absolute atomic E-state index is 14.1. The van der Waals surface area contributed by atoms with Crippen LogP contribution in [0.25, 0.3) is 22.4 Å². The van der Waals surface area contributed by atoms with Crippen LogP contribution in [-0.4, -0.2) is 33.4 Å². The summed E-state index contributed by atoms with van der Waals surface area (Å²) in [6.45, 7) is 0. The second-order valence-corrected chi connectivity index (χ2v) is 8.20. The Hall–Kier alpha value is -3.82. The molecule has 1 saturated carbocycles. The molecular weight excluding hydrogens is 420 g/mol. The first kappa shape index (κ1) is 20.1. The molecule has 3 aromatic rings. The van der Waals surface area contributed by atoms with Crippen LogP contribution in [0.15, 0.2) is 36.4 Å². The van der Waals surface area contributed by atoms with Crippen molar-refractivity contribution in [2.24, 2.45) is 5.92 Å². The number of nitrogens with zero attached hydrogens (tertiary/aromatic N) is 1. The Morgan fingerprint density at radius 2 is 1.88 bits per heavy atom. The number of fused-ring (bicyclic) bond motifs is 1. The number of urea groups is 1. The molecule has 1 saturated heterocycles. The van der Waals surface area contributed by atoms with E-state index in [4.69, 9.17) is 0 Å². The van der Waals surface area contributed by atoms with Crippen LogP contribution < -0.4 is 16.0 Å². The minimum Gasteiger partial charge on any atom is -0.338 e. The van der Waals surface area contributed by atoms with Gasteiger partial charge in [0.2, 0.25) is 5.91 Å². The van der Waals surface area contributed by atoms with E-state index in [1.54, 1.807) is 18.2 Å². The van der Waals surface area contributed by atoms with E-state index in [0.29, 0.717) is 42.4 Å². The summed E-state index contributed by atoms with van der Waals surface area (Å²) in [5.74, 6) is -1.79. The molecule has 1 aliphatic carbocycles. The predicted molar refractivity (Wildman–Crippen MR) is 111 cm³/mol. The summed E-state index contributed by atoms with van der Waals surface area (Å²) in [5, 5.41) is 7.80. The fourth-order valence-electron chi connectivity index (χ4n) is 4.39. The van der Waals surface area contributed by atoms with Crippen molar-refractivity contribution in [1.82, 2.24) is 20.6 Å². The molecule has 2 aromatic carbocycles. The van der Waals surface area contributed by atoms with Crippen LogP contribution in [0.2, 0.25) is 0 Å². The van der Waals surface area contributed by atoms with E-state index in [-0.39, 0.29) is 29.1 Å². The highest BCUT2D eigenvalue weighted by Crippen LogP contribution is 2.35. The Bertz CT molecular complexity index is 1260. The SMILES string of the molecule is O=C1NC(=O)C2(CCC(C(=O)Nc3ccc4nc(-c5cc(F)ccc5F)[nH]c4c3)CC2)N1. The number of carbonyl (C=O) groups excluding carboxylic acids is 3. The molecule has 4 N–H and O–H groups in total. The second-order valence-electron chi connectivity index (χ2n) is 8.20. The molecule has 0 radical (unpaired) electrons. The van der Waals surface area contributed by atoms with E-state index in [9.17, 15) is 23.2 Å². The molecule has 0 atom stereocenters. The van der Waals surface area contributed by atoms with Crippen LogP contribution in [0.3, 0.4) is 0 Å². The van der Waals surface area contributed by atoms with Gasteiger partial charge in [-0.3, -0.25) is 14.9 Å². The number of imidazole rings is 1. The van der Waals surface area contributed by atoms with Crippen LogP contribution in [0.5, 0.6) is 0 Å². The van der Waals surface area contributed by atoms with Crippen LogP contribution in [0.1, 0.15) is 25.7 Å². The number of aromatic amines is 1. The number of anilines is 1. The van der Waals surface area contributed by atoms with E-state index < -0.39 is 23.2 Å². The number of halogens is 2. The summed E-state index contributed by atoms with van der Waals surface area (Å²) in [4.78, 5) is 43.5. The zero-order valence-electron chi connectivity index (χ0n) is 16.8. The van der Waals surface area contributed by atoms with Crippen LogP contribution >= 0.6 is 0 Å². The van der Waals surface area contributed by atoms with Crippen molar-refractivity contribution >= 4 is 34.6 Å². The first-order valence-electron chi connectivity index (χ1n) is 10.2. The normalized spacial score (nSPS) is 22.8. The Balaban J connectivity index is 1.29. The number of H-pyrrole nitrogens is 1. The molecule has 1 spiro atoms. The van der Waals surface area contributed by atoms with Crippen LogP contribution in [0.4, 0.5) is 19.3 Å². The lowest BCUT2D eigenvalue weighted by atomic mass is 9.76. The Morgan fingerprint density at radius 1 is 1.09 bits per heavy atom. The zero-order chi connectivity index (χ0) is 22.5. The minimum absolute atomic E-state index is 0.0194. The van der Waals surface area contributed by atoms with E-state index >= 15 is 0 Å². The summed E-state index contributed by atoms with van der Waals surface area (Å²) in [7, 11) is 0. The first-order chi connectivity index (χ1) is 15.3. The Morgan fingerprint density at radius 3 is 2.59 bits per heavy atom. The molecule has 10 heteroatoms. The van der Waals surface area contributed by atoms with Gasteiger partial charge >= 0.3 is 6.03 Å². The van der Waals surface area contributed by atoms with Crippen molar-refractivity contribution in [2.45, 2.75) is 31.2 Å². The van der Waals surface area contributed by atoms with Crippen molar-refractivity contribution in [3.05, 3.63) is 48.0 Å². The quantitative estimate of drug-likeness (QED) is 0.469. The third-order valence-corrected chi connectivity index (χ3v) is 6.16. The highest BCUT2D eigenvalue weighted by molar-refractivity contribution is 6.07. The van der Waals surface area contributed by atoms with Gasteiger partial charge in [0.05, 0.1) is 16.6 Å². The molecular formula is C22H19F2N5O3. The molecule has 1 aliphatic heterocycles. The van der Waals surface area contributed by atoms with E-state index in [0.717, 1.165) is 18.2 Å². The van der Waals surface area contributed by atoms with Gasteiger partial charge in [0.25, 0.3) is 5.91 Å². The highest BCUT2D eigenvalue weighted by Gasteiger charge is 2.48. The maximum Gasteiger partial charge on any atom is 0.322 e. The van der Waals surface area contributed by atoms with Gasteiger partial charge in [0.15, 0.2) is 0 Å². The maximum atomic E-state index is 14.1. The molecule has 2 aliphatic rings. The Labute approximate surface area is 180 Å². The molecule has 2 fully saturated rings. The van der Waals surface area contributed by atoms with E-state index in [1.165, 1.54) is 0 Å². The number of amides is 4. The highest BCUT2D eigenvalue weighted by atomic mass is 19.1. The topological polar surface area (TPSA) is 116 Å². The molecule has 8 nitrogen and oxygen atoms in total. The first-order valence-corrected chi connectivity index (χ1v) is 10.2. The van der Waals surface area contributed by atoms with Gasteiger partial charge in [0.1, 0.15) is 23.0 Å². The largest absolute Gasteiger partial charge is 0.338 e.